The van der Waals surface area contributed by atoms with E-state index in [-0.39, 0.29) is 11.7 Å². The van der Waals surface area contributed by atoms with Gasteiger partial charge in [0.1, 0.15) is 0 Å². The average molecular weight is 296 g/mol. The zero-order chi connectivity index (χ0) is 13.7. The molecule has 4 fully saturated rings. The Morgan fingerprint density at radius 1 is 1.10 bits per heavy atom. The molecule has 2 saturated heterocycles. The van der Waals surface area contributed by atoms with E-state index in [1.54, 1.807) is 0 Å². The molecule has 0 radical (unpaired) electrons. The van der Waals surface area contributed by atoms with E-state index in [2.05, 4.69) is 10.2 Å². The molecule has 20 heavy (non-hydrogen) atoms. The van der Waals surface area contributed by atoms with Gasteiger partial charge in [-0.3, -0.25) is 14.3 Å². The van der Waals surface area contributed by atoms with Crippen molar-refractivity contribution in [2.24, 2.45) is 5.92 Å². The summed E-state index contributed by atoms with van der Waals surface area (Å²) in [6.45, 7) is 0. The largest absolute Gasteiger partial charge is 0.322 e. The Kier molecular flexibility index (Phi) is 3.18. The van der Waals surface area contributed by atoms with E-state index >= 15 is 0 Å². The molecule has 0 aromatic carbocycles. The zero-order valence-electron chi connectivity index (χ0n) is 12.0. The summed E-state index contributed by atoms with van der Waals surface area (Å²) in [5.41, 5.74) is -0.191. The maximum atomic E-state index is 12.8. The molecule has 1 unspecified atom stereocenters. The quantitative estimate of drug-likeness (QED) is 0.837. The van der Waals surface area contributed by atoms with Crippen LogP contribution in [0.2, 0.25) is 0 Å². The highest BCUT2D eigenvalue weighted by Crippen LogP contribution is 2.46. The minimum Gasteiger partial charge on any atom is -0.322 e. The highest BCUT2D eigenvalue weighted by molar-refractivity contribution is 7.85. The van der Waals surface area contributed by atoms with Crippen molar-refractivity contribution in [2.45, 2.75) is 69.1 Å². The Hall–Kier alpha value is -0.420. The lowest BCUT2D eigenvalue weighted by Gasteiger charge is -2.37. The van der Waals surface area contributed by atoms with Crippen molar-refractivity contribution in [3.05, 3.63) is 0 Å². The molecule has 2 heterocycles. The van der Waals surface area contributed by atoms with Crippen molar-refractivity contribution in [3.8, 4) is 0 Å². The van der Waals surface area contributed by atoms with Crippen molar-refractivity contribution in [1.82, 2.24) is 10.2 Å². The van der Waals surface area contributed by atoms with E-state index in [0.717, 1.165) is 37.2 Å². The number of amides is 1. The summed E-state index contributed by atoms with van der Waals surface area (Å²) < 4.78 is 11.6. The van der Waals surface area contributed by atoms with Gasteiger partial charge in [0.2, 0.25) is 5.91 Å². The first-order valence-electron chi connectivity index (χ1n) is 8.15. The molecule has 1 spiro atoms. The van der Waals surface area contributed by atoms with Crippen molar-refractivity contribution in [1.29, 1.82) is 0 Å². The number of nitrogens with zero attached hydrogens (tertiary/aromatic N) is 1. The first-order valence-corrected chi connectivity index (χ1v) is 9.64. The zero-order valence-corrected chi connectivity index (χ0v) is 12.8. The third-order valence-electron chi connectivity index (χ3n) is 5.71. The van der Waals surface area contributed by atoms with Crippen LogP contribution >= 0.6 is 0 Å². The summed E-state index contributed by atoms with van der Waals surface area (Å²) in [7, 11) is -0.647. The highest BCUT2D eigenvalue weighted by atomic mass is 32.2. The van der Waals surface area contributed by atoms with Gasteiger partial charge in [-0.05, 0) is 44.4 Å². The van der Waals surface area contributed by atoms with E-state index in [1.165, 1.54) is 25.7 Å². The van der Waals surface area contributed by atoms with Crippen LogP contribution in [0.3, 0.4) is 0 Å². The van der Waals surface area contributed by atoms with Gasteiger partial charge in [0.05, 0.1) is 11.7 Å². The Balaban J connectivity index is 1.56. The molecule has 4 rings (SSSR count). The number of carbonyl (C=O) groups excluding carboxylic acids is 1. The van der Waals surface area contributed by atoms with Gasteiger partial charge in [-0.1, -0.05) is 12.8 Å². The second-order valence-electron chi connectivity index (χ2n) is 7.01. The highest BCUT2D eigenvalue weighted by Gasteiger charge is 2.61. The summed E-state index contributed by atoms with van der Waals surface area (Å²) >= 11 is 0. The van der Waals surface area contributed by atoms with Gasteiger partial charge in [0.25, 0.3) is 0 Å². The summed E-state index contributed by atoms with van der Waals surface area (Å²) in [6.07, 6.45) is 9.31. The maximum Gasteiger partial charge on any atom is 0.244 e. The summed E-state index contributed by atoms with van der Waals surface area (Å²) in [5, 5.41) is 3.69. The standard InChI is InChI=1S/C15H24N2O2S/c18-14-15(7-8-15)16-13(11-3-1-2-4-11)17(14)12-5-9-20(19)10-6-12/h11-13,16H,1-10H2. The fourth-order valence-electron chi connectivity index (χ4n) is 4.34. The first kappa shape index (κ1) is 13.3. The molecule has 2 aliphatic carbocycles. The molecule has 112 valence electrons. The molecule has 0 aromatic heterocycles. The molecule has 1 atom stereocenters. The normalized spacial score (nSPS) is 40.7. The van der Waals surface area contributed by atoms with Gasteiger partial charge >= 0.3 is 0 Å². The van der Waals surface area contributed by atoms with Crippen LogP contribution in [-0.4, -0.2) is 44.3 Å². The SMILES string of the molecule is O=C1N(C2CCS(=O)CC2)C(C2CCCC2)NC12CC2. The number of carbonyl (C=O) groups is 1. The summed E-state index contributed by atoms with van der Waals surface area (Å²) in [5.74, 6) is 2.55. The molecule has 5 heteroatoms. The van der Waals surface area contributed by atoms with Gasteiger partial charge in [-0.25, -0.2) is 0 Å². The van der Waals surface area contributed by atoms with Crippen molar-refractivity contribution >= 4 is 16.7 Å². The molecule has 2 aliphatic heterocycles. The molecule has 4 aliphatic rings. The fourth-order valence-corrected chi connectivity index (χ4v) is 5.62. The van der Waals surface area contributed by atoms with Crippen LogP contribution in [0.1, 0.15) is 51.4 Å². The van der Waals surface area contributed by atoms with Crippen molar-refractivity contribution in [2.75, 3.05) is 11.5 Å². The van der Waals surface area contributed by atoms with E-state index in [1.807, 2.05) is 0 Å². The van der Waals surface area contributed by atoms with Crippen LogP contribution in [-0.2, 0) is 15.6 Å². The van der Waals surface area contributed by atoms with Crippen LogP contribution in [0.5, 0.6) is 0 Å². The smallest absolute Gasteiger partial charge is 0.244 e. The third kappa shape index (κ3) is 2.05. The Morgan fingerprint density at radius 3 is 2.35 bits per heavy atom. The van der Waals surface area contributed by atoms with Crippen LogP contribution in [0.4, 0.5) is 0 Å². The van der Waals surface area contributed by atoms with E-state index in [0.29, 0.717) is 17.9 Å². The van der Waals surface area contributed by atoms with Crippen LogP contribution in [0, 0.1) is 5.92 Å². The molecule has 0 bridgehead atoms. The monoisotopic (exact) mass is 296 g/mol. The summed E-state index contributed by atoms with van der Waals surface area (Å²) in [4.78, 5) is 15.0. The minimum absolute atomic E-state index is 0.191. The van der Waals surface area contributed by atoms with E-state index in [9.17, 15) is 9.00 Å². The van der Waals surface area contributed by atoms with E-state index < -0.39 is 10.8 Å². The van der Waals surface area contributed by atoms with Crippen molar-refractivity contribution < 1.29 is 9.00 Å². The average Bonchev–Trinajstić information content (AvgIpc) is 2.92. The van der Waals surface area contributed by atoms with Crippen LogP contribution in [0.25, 0.3) is 0 Å². The van der Waals surface area contributed by atoms with Gasteiger partial charge < -0.3 is 4.90 Å². The molecular formula is C15H24N2O2S. The molecule has 1 amide bonds. The lowest BCUT2D eigenvalue weighted by Crippen LogP contribution is -2.50. The molecule has 2 saturated carbocycles. The number of hydrogen-bond acceptors (Lipinski definition) is 3. The van der Waals surface area contributed by atoms with Gasteiger partial charge in [-0.2, -0.15) is 0 Å². The number of hydrogen-bond donors (Lipinski definition) is 1. The molecular weight excluding hydrogens is 272 g/mol. The second-order valence-corrected chi connectivity index (χ2v) is 8.70. The topological polar surface area (TPSA) is 49.4 Å². The maximum absolute atomic E-state index is 12.8. The minimum atomic E-state index is -0.647. The summed E-state index contributed by atoms with van der Waals surface area (Å²) in [6, 6.07) is 0.332. The van der Waals surface area contributed by atoms with Crippen LogP contribution in [0.15, 0.2) is 0 Å². The van der Waals surface area contributed by atoms with Gasteiger partial charge in [-0.15, -0.1) is 0 Å². The lowest BCUT2D eigenvalue weighted by molar-refractivity contribution is -0.133. The number of nitrogens with one attached hydrogen (secondary N) is 1. The number of rotatable bonds is 2. The van der Waals surface area contributed by atoms with E-state index in [4.69, 9.17) is 0 Å². The lowest BCUT2D eigenvalue weighted by atomic mass is 10.0. The first-order chi connectivity index (χ1) is 9.70. The Morgan fingerprint density at radius 2 is 1.75 bits per heavy atom. The predicted octanol–water partition coefficient (Wildman–Crippen LogP) is 1.38. The van der Waals surface area contributed by atoms with Gasteiger partial charge in [0.15, 0.2) is 0 Å². The third-order valence-corrected chi connectivity index (χ3v) is 7.10. The predicted molar refractivity (Wildman–Crippen MR) is 78.6 cm³/mol. The molecule has 4 nitrogen and oxygen atoms in total. The molecule has 1 N–H and O–H groups in total. The van der Waals surface area contributed by atoms with Gasteiger partial charge in [0, 0.05) is 28.3 Å². The Labute approximate surface area is 123 Å². The fraction of sp³-hybridized carbons (Fsp3) is 0.933. The van der Waals surface area contributed by atoms with Crippen molar-refractivity contribution in [3.63, 3.8) is 0 Å². The molecule has 0 aromatic rings. The van der Waals surface area contributed by atoms with Crippen LogP contribution < -0.4 is 5.32 Å². The second kappa shape index (κ2) is 4.80. The Bertz CT molecular complexity index is 433.